The highest BCUT2D eigenvalue weighted by Gasteiger charge is 2.39. The number of cyclic esters (lactones) is 2. The number of hydrogen-bond donors (Lipinski definition) is 2. The minimum atomic E-state index is -0.947. The number of esters is 2. The second-order valence-electron chi connectivity index (χ2n) is 4.81. The minimum absolute atomic E-state index is 0.0677. The number of carbonyl (C=O) groups is 2. The summed E-state index contributed by atoms with van der Waals surface area (Å²) in [6.45, 7) is 3.25. The molecule has 0 spiro atoms. The zero-order chi connectivity index (χ0) is 14.2. The molecule has 0 aromatic heterocycles. The Morgan fingerprint density at radius 3 is 1.63 bits per heavy atom. The maximum Gasteiger partial charge on any atom is 0.317 e. The molecule has 2 rings (SSSR count). The summed E-state index contributed by atoms with van der Waals surface area (Å²) in [5.74, 6) is -3.38. The fraction of sp³-hybridized carbons (Fsp3) is 0.538. The quantitative estimate of drug-likeness (QED) is 0.735. The predicted octanol–water partition coefficient (Wildman–Crippen LogP) is 1.38. The van der Waals surface area contributed by atoms with E-state index in [4.69, 9.17) is 9.47 Å². The van der Waals surface area contributed by atoms with Gasteiger partial charge in [-0.15, -0.1) is 0 Å². The van der Waals surface area contributed by atoms with Crippen LogP contribution in [0.25, 0.3) is 0 Å². The molecule has 0 aromatic carbocycles. The topological polar surface area (TPSA) is 93.1 Å². The molecule has 4 atom stereocenters. The smallest absolute Gasteiger partial charge is 0.317 e. The van der Waals surface area contributed by atoms with Gasteiger partial charge in [-0.25, -0.2) is 0 Å². The van der Waals surface area contributed by atoms with Crippen LogP contribution in [-0.4, -0.2) is 34.4 Å². The van der Waals surface area contributed by atoms with Gasteiger partial charge in [0, 0.05) is 0 Å². The van der Waals surface area contributed by atoms with Crippen molar-refractivity contribution in [3.05, 3.63) is 23.7 Å². The zero-order valence-electron chi connectivity index (χ0n) is 10.7. The lowest BCUT2D eigenvalue weighted by Gasteiger charge is -2.28. The second-order valence-corrected chi connectivity index (χ2v) is 4.81. The number of hydrogen-bond acceptors (Lipinski definition) is 6. The number of carbonyl (C=O) groups excluding carboxylic acids is 2. The third-order valence-electron chi connectivity index (χ3n) is 3.17. The predicted molar refractivity (Wildman–Crippen MR) is 64.1 cm³/mol. The molecule has 0 aliphatic carbocycles. The van der Waals surface area contributed by atoms with Gasteiger partial charge in [-0.1, -0.05) is 0 Å². The molecule has 6 heteroatoms. The van der Waals surface area contributed by atoms with Crippen LogP contribution in [0.15, 0.2) is 23.7 Å². The molecule has 4 unspecified atom stereocenters. The van der Waals surface area contributed by atoms with Gasteiger partial charge in [0.15, 0.2) is 0 Å². The zero-order valence-corrected chi connectivity index (χ0v) is 10.7. The average molecular weight is 268 g/mol. The summed E-state index contributed by atoms with van der Waals surface area (Å²) in [6, 6.07) is 0. The summed E-state index contributed by atoms with van der Waals surface area (Å²) in [6.07, 6.45) is 1.76. The second kappa shape index (κ2) is 4.95. The first kappa shape index (κ1) is 13.5. The molecular weight excluding hydrogens is 252 g/mol. The van der Waals surface area contributed by atoms with Crippen molar-refractivity contribution in [2.24, 2.45) is 11.8 Å². The Hall–Kier alpha value is -1.98. The van der Waals surface area contributed by atoms with Crippen LogP contribution in [-0.2, 0) is 19.1 Å². The van der Waals surface area contributed by atoms with E-state index >= 15 is 0 Å². The normalized spacial score (nSPS) is 35.1. The molecular formula is C13H16O6. The van der Waals surface area contributed by atoms with E-state index < -0.39 is 36.0 Å². The molecule has 0 saturated carbocycles. The van der Waals surface area contributed by atoms with E-state index in [2.05, 4.69) is 0 Å². The number of aliphatic hydroxyl groups excluding tert-OH is 2. The lowest BCUT2D eigenvalue weighted by molar-refractivity contribution is -0.157. The van der Waals surface area contributed by atoms with E-state index in [0.29, 0.717) is 0 Å². The number of ether oxygens (including phenoxy) is 2. The van der Waals surface area contributed by atoms with E-state index in [-0.39, 0.29) is 17.9 Å². The van der Waals surface area contributed by atoms with Crippen LogP contribution in [0.2, 0.25) is 0 Å². The van der Waals surface area contributed by atoms with Crippen molar-refractivity contribution in [3.8, 4) is 0 Å². The molecule has 2 heterocycles. The summed E-state index contributed by atoms with van der Waals surface area (Å²) >= 11 is 0. The maximum absolute atomic E-state index is 11.7. The van der Waals surface area contributed by atoms with Crippen LogP contribution < -0.4 is 0 Å². The van der Waals surface area contributed by atoms with E-state index in [0.717, 1.165) is 0 Å². The fourth-order valence-corrected chi connectivity index (χ4v) is 2.22. The standard InChI is InChI=1S/C13H16O6/c1-6-3-10(14)8(12(16)18-6)5-9-11(15)4-7(2)19-13(9)17/h3-4,6-9,14-15H,5H2,1-2H3. The first-order valence-corrected chi connectivity index (χ1v) is 6.11. The Kier molecular flexibility index (Phi) is 3.50. The molecule has 2 aliphatic rings. The lowest BCUT2D eigenvalue weighted by Crippen LogP contribution is -2.35. The molecule has 19 heavy (non-hydrogen) atoms. The molecule has 0 saturated heterocycles. The highest BCUT2D eigenvalue weighted by Crippen LogP contribution is 2.31. The van der Waals surface area contributed by atoms with E-state index in [1.54, 1.807) is 13.8 Å². The monoisotopic (exact) mass is 268 g/mol. The van der Waals surface area contributed by atoms with Gasteiger partial charge in [-0.05, 0) is 32.4 Å². The molecule has 0 radical (unpaired) electrons. The molecule has 0 bridgehead atoms. The molecule has 0 fully saturated rings. The van der Waals surface area contributed by atoms with Gasteiger partial charge >= 0.3 is 11.9 Å². The van der Waals surface area contributed by atoms with E-state index in [1.807, 2.05) is 0 Å². The van der Waals surface area contributed by atoms with Gasteiger partial charge < -0.3 is 19.7 Å². The third-order valence-corrected chi connectivity index (χ3v) is 3.17. The number of aliphatic hydroxyl groups is 2. The van der Waals surface area contributed by atoms with Crippen molar-refractivity contribution < 1.29 is 29.3 Å². The van der Waals surface area contributed by atoms with Crippen LogP contribution in [0.3, 0.4) is 0 Å². The molecule has 104 valence electrons. The van der Waals surface area contributed by atoms with E-state index in [9.17, 15) is 19.8 Å². The van der Waals surface area contributed by atoms with Crippen LogP contribution in [0.5, 0.6) is 0 Å². The Labute approximate surface area is 110 Å². The van der Waals surface area contributed by atoms with Crippen molar-refractivity contribution in [2.75, 3.05) is 0 Å². The van der Waals surface area contributed by atoms with Crippen LogP contribution >= 0.6 is 0 Å². The van der Waals surface area contributed by atoms with Crippen LogP contribution in [0, 0.1) is 11.8 Å². The largest absolute Gasteiger partial charge is 0.512 e. The first-order valence-electron chi connectivity index (χ1n) is 6.11. The van der Waals surface area contributed by atoms with Gasteiger partial charge in [-0.3, -0.25) is 9.59 Å². The van der Waals surface area contributed by atoms with Gasteiger partial charge in [0.05, 0.1) is 0 Å². The fourth-order valence-electron chi connectivity index (χ4n) is 2.22. The number of rotatable bonds is 2. The Balaban J connectivity index is 2.17. The summed E-state index contributed by atoms with van der Waals surface area (Å²) < 4.78 is 9.95. The van der Waals surface area contributed by atoms with Gasteiger partial charge in [0.25, 0.3) is 0 Å². The van der Waals surface area contributed by atoms with Crippen molar-refractivity contribution in [2.45, 2.75) is 32.5 Å². The lowest BCUT2D eigenvalue weighted by atomic mass is 9.88. The highest BCUT2D eigenvalue weighted by molar-refractivity contribution is 5.80. The molecule has 0 amide bonds. The van der Waals surface area contributed by atoms with Crippen molar-refractivity contribution in [3.63, 3.8) is 0 Å². The van der Waals surface area contributed by atoms with E-state index in [1.165, 1.54) is 12.2 Å². The Morgan fingerprint density at radius 2 is 1.32 bits per heavy atom. The average Bonchev–Trinajstić information content (AvgIpc) is 2.25. The molecule has 2 N–H and O–H groups in total. The van der Waals surface area contributed by atoms with Gasteiger partial charge in [0.2, 0.25) is 0 Å². The SMILES string of the molecule is CC1C=C(O)C(CC2C(=O)OC(C)C=C2O)C(=O)O1. The van der Waals surface area contributed by atoms with Crippen LogP contribution in [0.1, 0.15) is 20.3 Å². The van der Waals surface area contributed by atoms with Crippen LogP contribution in [0.4, 0.5) is 0 Å². The minimum Gasteiger partial charge on any atom is -0.512 e. The van der Waals surface area contributed by atoms with Crippen molar-refractivity contribution in [1.29, 1.82) is 0 Å². The molecule has 2 aliphatic heterocycles. The van der Waals surface area contributed by atoms with Gasteiger partial charge in [0.1, 0.15) is 35.6 Å². The summed E-state index contributed by atoms with van der Waals surface area (Å²) in [5.41, 5.74) is 0. The molecule has 6 nitrogen and oxygen atoms in total. The summed E-state index contributed by atoms with van der Waals surface area (Å²) in [5, 5.41) is 19.5. The maximum atomic E-state index is 11.7. The first-order chi connectivity index (χ1) is 8.88. The Morgan fingerprint density at radius 1 is 0.947 bits per heavy atom. The highest BCUT2D eigenvalue weighted by atomic mass is 16.6. The summed E-state index contributed by atoms with van der Waals surface area (Å²) in [7, 11) is 0. The van der Waals surface area contributed by atoms with Crippen molar-refractivity contribution >= 4 is 11.9 Å². The molecule has 0 aromatic rings. The third kappa shape index (κ3) is 2.72. The van der Waals surface area contributed by atoms with Crippen molar-refractivity contribution in [1.82, 2.24) is 0 Å². The summed E-state index contributed by atoms with van der Waals surface area (Å²) in [4.78, 5) is 23.4. The Bertz CT molecular complexity index is 422. The van der Waals surface area contributed by atoms with Gasteiger partial charge in [-0.2, -0.15) is 0 Å².